The standard InChI is InChI=1S/C14H21N3O4/c1-8-9(2)15-16-12(19)11(8)13(20)17-5-10(6-18)21-14(3,4)7-17/h10,18H,5-7H2,1-4H3,(H,16,19). The number of aromatic nitrogens is 2. The first-order valence-corrected chi connectivity index (χ1v) is 6.89. The fraction of sp³-hybridized carbons (Fsp3) is 0.643. The molecule has 0 bridgehead atoms. The Balaban J connectivity index is 2.36. The minimum absolute atomic E-state index is 0.108. The monoisotopic (exact) mass is 295 g/mol. The van der Waals surface area contributed by atoms with Gasteiger partial charge in [-0.1, -0.05) is 0 Å². The molecule has 7 heteroatoms. The van der Waals surface area contributed by atoms with Crippen molar-refractivity contribution in [1.82, 2.24) is 15.1 Å². The maximum Gasteiger partial charge on any atom is 0.277 e. The van der Waals surface area contributed by atoms with E-state index in [1.807, 2.05) is 13.8 Å². The summed E-state index contributed by atoms with van der Waals surface area (Å²) >= 11 is 0. The minimum atomic E-state index is -0.565. The highest BCUT2D eigenvalue weighted by Gasteiger charge is 2.36. The number of ether oxygens (including phenoxy) is 1. The van der Waals surface area contributed by atoms with Crippen LogP contribution in [-0.2, 0) is 4.74 Å². The summed E-state index contributed by atoms with van der Waals surface area (Å²) in [6, 6.07) is 0. The van der Waals surface area contributed by atoms with Gasteiger partial charge in [0, 0.05) is 13.1 Å². The normalized spacial score (nSPS) is 21.4. The number of aromatic amines is 1. The van der Waals surface area contributed by atoms with Crippen molar-refractivity contribution in [2.45, 2.75) is 39.4 Å². The second-order valence-corrected chi connectivity index (χ2v) is 6.01. The molecule has 1 saturated heterocycles. The van der Waals surface area contributed by atoms with Crippen LogP contribution in [0.5, 0.6) is 0 Å². The predicted molar refractivity (Wildman–Crippen MR) is 76.3 cm³/mol. The van der Waals surface area contributed by atoms with E-state index in [1.165, 1.54) is 0 Å². The summed E-state index contributed by atoms with van der Waals surface area (Å²) in [5.41, 5.74) is 0.243. The molecule has 1 aliphatic heterocycles. The Hall–Kier alpha value is -1.73. The number of morpholine rings is 1. The molecule has 1 aromatic heterocycles. The molecule has 1 aliphatic rings. The fourth-order valence-corrected chi connectivity index (χ4v) is 2.59. The van der Waals surface area contributed by atoms with Gasteiger partial charge in [0.2, 0.25) is 0 Å². The summed E-state index contributed by atoms with van der Waals surface area (Å²) in [6.45, 7) is 7.61. The van der Waals surface area contributed by atoms with Gasteiger partial charge in [-0.05, 0) is 33.3 Å². The van der Waals surface area contributed by atoms with E-state index in [2.05, 4.69) is 10.2 Å². The first-order valence-electron chi connectivity index (χ1n) is 6.89. The molecule has 0 aromatic carbocycles. The predicted octanol–water partition coefficient (Wildman–Crippen LogP) is -0.00136. The van der Waals surface area contributed by atoms with Gasteiger partial charge in [-0.2, -0.15) is 5.10 Å². The van der Waals surface area contributed by atoms with Crippen LogP contribution in [0.15, 0.2) is 4.79 Å². The number of aliphatic hydroxyl groups is 1. The van der Waals surface area contributed by atoms with E-state index in [0.29, 0.717) is 17.8 Å². The highest BCUT2D eigenvalue weighted by Crippen LogP contribution is 2.22. The summed E-state index contributed by atoms with van der Waals surface area (Å²) in [7, 11) is 0. The molecule has 1 amide bonds. The highest BCUT2D eigenvalue weighted by atomic mass is 16.5. The Morgan fingerprint density at radius 3 is 2.81 bits per heavy atom. The number of nitrogens with zero attached hydrogens (tertiary/aromatic N) is 2. The van der Waals surface area contributed by atoms with Crippen molar-refractivity contribution in [1.29, 1.82) is 0 Å². The maximum atomic E-state index is 12.7. The van der Waals surface area contributed by atoms with E-state index < -0.39 is 17.3 Å². The number of aliphatic hydroxyl groups excluding tert-OH is 1. The van der Waals surface area contributed by atoms with Gasteiger partial charge in [-0.25, -0.2) is 5.10 Å². The highest BCUT2D eigenvalue weighted by molar-refractivity contribution is 5.95. The Kier molecular flexibility index (Phi) is 4.15. The first-order chi connectivity index (χ1) is 9.75. The molecule has 0 aliphatic carbocycles. The van der Waals surface area contributed by atoms with Crippen LogP contribution >= 0.6 is 0 Å². The third-order valence-corrected chi connectivity index (χ3v) is 3.66. The average molecular weight is 295 g/mol. The van der Waals surface area contributed by atoms with Crippen LogP contribution in [0.2, 0.25) is 0 Å². The van der Waals surface area contributed by atoms with Gasteiger partial charge >= 0.3 is 0 Å². The molecular weight excluding hydrogens is 274 g/mol. The largest absolute Gasteiger partial charge is 0.394 e. The van der Waals surface area contributed by atoms with Gasteiger partial charge in [-0.3, -0.25) is 9.59 Å². The molecule has 0 radical (unpaired) electrons. The number of H-pyrrole nitrogens is 1. The van der Waals surface area contributed by atoms with Gasteiger partial charge in [0.15, 0.2) is 0 Å². The second kappa shape index (κ2) is 5.57. The van der Waals surface area contributed by atoms with Crippen molar-refractivity contribution in [3.8, 4) is 0 Å². The summed E-state index contributed by atoms with van der Waals surface area (Å²) in [6.07, 6.45) is -0.444. The number of aryl methyl sites for hydroxylation is 1. The molecule has 1 atom stereocenters. The van der Waals surface area contributed by atoms with Gasteiger partial charge in [0.25, 0.3) is 11.5 Å². The smallest absolute Gasteiger partial charge is 0.277 e. The van der Waals surface area contributed by atoms with E-state index in [-0.39, 0.29) is 24.6 Å². The number of nitrogens with one attached hydrogen (secondary N) is 1. The Bertz CT molecular complexity index is 609. The lowest BCUT2D eigenvalue weighted by atomic mass is 10.0. The quantitative estimate of drug-likeness (QED) is 0.800. The lowest BCUT2D eigenvalue weighted by Crippen LogP contribution is -2.56. The SMILES string of the molecule is Cc1n[nH]c(=O)c(C(=O)N2CC(CO)OC(C)(C)C2)c1C. The molecule has 2 N–H and O–H groups in total. The van der Waals surface area contributed by atoms with Gasteiger partial charge in [0.1, 0.15) is 5.56 Å². The van der Waals surface area contributed by atoms with Crippen molar-refractivity contribution in [2.24, 2.45) is 0 Å². The molecule has 2 heterocycles. The molecule has 0 saturated carbocycles. The Morgan fingerprint density at radius 2 is 2.19 bits per heavy atom. The Morgan fingerprint density at radius 1 is 1.52 bits per heavy atom. The fourth-order valence-electron chi connectivity index (χ4n) is 2.59. The van der Waals surface area contributed by atoms with E-state index in [4.69, 9.17) is 4.74 Å². The van der Waals surface area contributed by atoms with Crippen molar-refractivity contribution < 1.29 is 14.6 Å². The van der Waals surface area contributed by atoms with Crippen molar-refractivity contribution >= 4 is 5.91 Å². The molecular formula is C14H21N3O4. The topological polar surface area (TPSA) is 95.5 Å². The average Bonchev–Trinajstić information content (AvgIpc) is 2.41. The van der Waals surface area contributed by atoms with E-state index in [9.17, 15) is 14.7 Å². The van der Waals surface area contributed by atoms with Crippen LogP contribution in [0.4, 0.5) is 0 Å². The van der Waals surface area contributed by atoms with Crippen LogP contribution in [0.1, 0.15) is 35.5 Å². The van der Waals surface area contributed by atoms with Crippen LogP contribution in [0.3, 0.4) is 0 Å². The van der Waals surface area contributed by atoms with Crippen molar-refractivity contribution in [3.05, 3.63) is 27.2 Å². The zero-order valence-corrected chi connectivity index (χ0v) is 12.8. The lowest BCUT2D eigenvalue weighted by molar-refractivity contribution is -0.139. The van der Waals surface area contributed by atoms with Crippen molar-refractivity contribution in [3.63, 3.8) is 0 Å². The van der Waals surface area contributed by atoms with Gasteiger partial charge in [-0.15, -0.1) is 0 Å². The maximum absolute atomic E-state index is 12.7. The van der Waals surface area contributed by atoms with E-state index in [0.717, 1.165) is 0 Å². The molecule has 21 heavy (non-hydrogen) atoms. The van der Waals surface area contributed by atoms with Crippen LogP contribution < -0.4 is 5.56 Å². The summed E-state index contributed by atoms with van der Waals surface area (Å²) in [4.78, 5) is 26.2. The third kappa shape index (κ3) is 3.14. The summed E-state index contributed by atoms with van der Waals surface area (Å²) in [5.74, 6) is -0.353. The zero-order chi connectivity index (χ0) is 15.8. The van der Waals surface area contributed by atoms with E-state index >= 15 is 0 Å². The third-order valence-electron chi connectivity index (χ3n) is 3.66. The van der Waals surface area contributed by atoms with Crippen LogP contribution in [-0.4, -0.2) is 57.5 Å². The molecule has 116 valence electrons. The second-order valence-electron chi connectivity index (χ2n) is 6.01. The van der Waals surface area contributed by atoms with Crippen LogP contribution in [0, 0.1) is 13.8 Å². The van der Waals surface area contributed by atoms with Gasteiger partial charge < -0.3 is 14.7 Å². The van der Waals surface area contributed by atoms with Gasteiger partial charge in [0.05, 0.1) is 24.0 Å². The zero-order valence-electron chi connectivity index (χ0n) is 12.8. The molecule has 2 rings (SSSR count). The minimum Gasteiger partial charge on any atom is -0.394 e. The molecule has 1 unspecified atom stereocenters. The summed E-state index contributed by atoms with van der Waals surface area (Å²) < 4.78 is 5.68. The van der Waals surface area contributed by atoms with Crippen molar-refractivity contribution in [2.75, 3.05) is 19.7 Å². The van der Waals surface area contributed by atoms with Crippen LogP contribution in [0.25, 0.3) is 0 Å². The Labute approximate surface area is 122 Å². The molecule has 1 aromatic rings. The first kappa shape index (κ1) is 15.7. The lowest BCUT2D eigenvalue weighted by Gasteiger charge is -2.42. The number of amides is 1. The molecule has 1 fully saturated rings. The summed E-state index contributed by atoms with van der Waals surface area (Å²) in [5, 5.41) is 15.5. The molecule has 7 nitrogen and oxygen atoms in total. The number of hydrogen-bond donors (Lipinski definition) is 2. The number of rotatable bonds is 2. The number of carbonyl (C=O) groups is 1. The molecule has 0 spiro atoms. The van der Waals surface area contributed by atoms with E-state index in [1.54, 1.807) is 18.7 Å². The number of carbonyl (C=O) groups excluding carboxylic acids is 1. The number of hydrogen-bond acceptors (Lipinski definition) is 5.